The SMILES string of the molecule is CCNC(=O)n1cc(C(C)(C)c2cn(C(=O)NCC)nc2N)c(N)n1. The number of nitrogens with two attached hydrogens (primary N) is 2. The van der Waals surface area contributed by atoms with E-state index in [0.29, 0.717) is 24.2 Å². The summed E-state index contributed by atoms with van der Waals surface area (Å²) >= 11 is 0. The van der Waals surface area contributed by atoms with Crippen molar-refractivity contribution in [2.75, 3.05) is 24.6 Å². The van der Waals surface area contributed by atoms with Gasteiger partial charge in [0.15, 0.2) is 0 Å². The molecule has 0 aliphatic rings. The Balaban J connectivity index is 2.42. The molecule has 2 amide bonds. The maximum Gasteiger partial charge on any atom is 0.342 e. The summed E-state index contributed by atoms with van der Waals surface area (Å²) in [5.41, 5.74) is 12.5. The number of aromatic nitrogens is 4. The normalized spacial score (nSPS) is 11.4. The van der Waals surface area contributed by atoms with Crippen molar-refractivity contribution in [3.63, 3.8) is 0 Å². The van der Waals surface area contributed by atoms with Crippen LogP contribution in [0.2, 0.25) is 0 Å². The van der Waals surface area contributed by atoms with Gasteiger partial charge in [-0.3, -0.25) is 0 Å². The average Bonchev–Trinajstić information content (AvgIpc) is 3.12. The number of anilines is 2. The van der Waals surface area contributed by atoms with E-state index in [1.165, 1.54) is 0 Å². The molecule has 0 aliphatic carbocycles. The Hall–Kier alpha value is -3.04. The van der Waals surface area contributed by atoms with Crippen molar-refractivity contribution in [3.8, 4) is 0 Å². The Morgan fingerprint density at radius 2 is 1.32 bits per heavy atom. The number of carbonyl (C=O) groups is 2. The number of hydrogen-bond acceptors (Lipinski definition) is 6. The summed E-state index contributed by atoms with van der Waals surface area (Å²) in [7, 11) is 0. The highest BCUT2D eigenvalue weighted by atomic mass is 16.2. The second-order valence-electron chi connectivity index (χ2n) is 6.04. The van der Waals surface area contributed by atoms with Gasteiger partial charge >= 0.3 is 12.1 Å². The lowest BCUT2D eigenvalue weighted by Gasteiger charge is -2.23. The van der Waals surface area contributed by atoms with Crippen LogP contribution in [0.5, 0.6) is 0 Å². The van der Waals surface area contributed by atoms with Crippen molar-refractivity contribution in [1.82, 2.24) is 30.2 Å². The lowest BCUT2D eigenvalue weighted by atomic mass is 9.80. The van der Waals surface area contributed by atoms with Crippen molar-refractivity contribution >= 4 is 23.7 Å². The summed E-state index contributed by atoms with van der Waals surface area (Å²) in [5.74, 6) is 0.419. The summed E-state index contributed by atoms with van der Waals surface area (Å²) in [6, 6.07) is -0.746. The largest absolute Gasteiger partial charge is 0.382 e. The Kier molecular flexibility index (Phi) is 5.00. The molecule has 0 fully saturated rings. The summed E-state index contributed by atoms with van der Waals surface area (Å²) in [6.45, 7) is 8.32. The molecule has 0 atom stereocenters. The molecule has 10 heteroatoms. The monoisotopic (exact) mass is 348 g/mol. The van der Waals surface area contributed by atoms with E-state index in [2.05, 4.69) is 20.8 Å². The van der Waals surface area contributed by atoms with E-state index < -0.39 is 5.41 Å². The van der Waals surface area contributed by atoms with Crippen LogP contribution >= 0.6 is 0 Å². The molecule has 6 N–H and O–H groups in total. The van der Waals surface area contributed by atoms with Crippen LogP contribution in [0, 0.1) is 0 Å². The van der Waals surface area contributed by atoms with E-state index in [-0.39, 0.29) is 23.7 Å². The molecule has 0 saturated heterocycles. The Bertz CT molecular complexity index is 725. The molecule has 2 aromatic rings. The number of amides is 2. The molecule has 136 valence electrons. The maximum absolute atomic E-state index is 11.9. The van der Waals surface area contributed by atoms with Crippen LogP contribution in [0.3, 0.4) is 0 Å². The summed E-state index contributed by atoms with van der Waals surface area (Å²) < 4.78 is 2.31. The zero-order valence-corrected chi connectivity index (χ0v) is 14.8. The van der Waals surface area contributed by atoms with Crippen molar-refractivity contribution in [2.24, 2.45) is 0 Å². The second-order valence-corrected chi connectivity index (χ2v) is 6.04. The highest BCUT2D eigenvalue weighted by molar-refractivity contribution is 5.78. The van der Waals surface area contributed by atoms with Gasteiger partial charge in [0.25, 0.3) is 0 Å². The Labute approximate surface area is 145 Å². The van der Waals surface area contributed by atoms with Gasteiger partial charge in [0.05, 0.1) is 0 Å². The van der Waals surface area contributed by atoms with Gasteiger partial charge in [-0.15, -0.1) is 10.2 Å². The topological polar surface area (TPSA) is 146 Å². The van der Waals surface area contributed by atoms with Crippen LogP contribution in [-0.2, 0) is 5.41 Å². The van der Waals surface area contributed by atoms with Gasteiger partial charge in [-0.25, -0.2) is 9.59 Å². The first-order valence-electron chi connectivity index (χ1n) is 8.00. The van der Waals surface area contributed by atoms with Gasteiger partial charge in [0.2, 0.25) is 0 Å². The molecule has 0 bridgehead atoms. The smallest absolute Gasteiger partial charge is 0.342 e. The third-order valence-electron chi connectivity index (χ3n) is 3.90. The minimum Gasteiger partial charge on any atom is -0.382 e. The van der Waals surface area contributed by atoms with Gasteiger partial charge < -0.3 is 22.1 Å². The van der Waals surface area contributed by atoms with Gasteiger partial charge in [-0.2, -0.15) is 9.36 Å². The maximum atomic E-state index is 11.9. The first-order chi connectivity index (χ1) is 11.7. The number of nitrogens with one attached hydrogen (secondary N) is 2. The summed E-state index contributed by atoms with van der Waals surface area (Å²) in [6.07, 6.45) is 3.12. The minimum atomic E-state index is -0.705. The number of carbonyl (C=O) groups excluding carboxylic acids is 2. The van der Waals surface area contributed by atoms with E-state index >= 15 is 0 Å². The lowest BCUT2D eigenvalue weighted by molar-refractivity contribution is 0.239. The predicted octanol–water partition coefficient (Wildman–Crippen LogP) is 0.725. The standard InChI is InChI=1S/C15H24N8O2/c1-5-18-13(24)22-7-9(11(16)20-22)15(3,4)10-8-23(21-12(10)17)14(25)19-6-2/h7-8H,5-6H2,1-4H3,(H2,16,20)(H2,17,21)(H,18,24)(H,19,25). The van der Waals surface area contributed by atoms with E-state index in [1.54, 1.807) is 12.4 Å². The van der Waals surface area contributed by atoms with Gasteiger partial charge in [-0.1, -0.05) is 13.8 Å². The fourth-order valence-corrected chi connectivity index (χ4v) is 2.56. The molecule has 2 aromatic heterocycles. The number of hydrogen-bond donors (Lipinski definition) is 4. The average molecular weight is 348 g/mol. The van der Waals surface area contributed by atoms with Gasteiger partial charge in [-0.05, 0) is 13.8 Å². The van der Waals surface area contributed by atoms with Crippen LogP contribution in [0.15, 0.2) is 12.4 Å². The molecule has 2 rings (SSSR count). The van der Waals surface area contributed by atoms with Crippen molar-refractivity contribution in [1.29, 1.82) is 0 Å². The molecular weight excluding hydrogens is 324 g/mol. The highest BCUT2D eigenvalue weighted by Gasteiger charge is 2.33. The molecule has 25 heavy (non-hydrogen) atoms. The van der Waals surface area contributed by atoms with Crippen molar-refractivity contribution in [2.45, 2.75) is 33.1 Å². The molecule has 10 nitrogen and oxygen atoms in total. The van der Waals surface area contributed by atoms with Crippen LogP contribution in [0.1, 0.15) is 38.8 Å². The number of nitrogen functional groups attached to an aromatic ring is 2. The fraction of sp³-hybridized carbons (Fsp3) is 0.467. The van der Waals surface area contributed by atoms with E-state index in [4.69, 9.17) is 11.5 Å². The first-order valence-corrected chi connectivity index (χ1v) is 8.00. The van der Waals surface area contributed by atoms with E-state index in [9.17, 15) is 9.59 Å². The quantitative estimate of drug-likeness (QED) is 0.640. The predicted molar refractivity (Wildman–Crippen MR) is 94.3 cm³/mol. The molecule has 0 unspecified atom stereocenters. The number of nitrogens with zero attached hydrogens (tertiary/aromatic N) is 4. The third-order valence-corrected chi connectivity index (χ3v) is 3.90. The molecular formula is C15H24N8O2. The molecule has 0 spiro atoms. The van der Waals surface area contributed by atoms with Crippen molar-refractivity contribution < 1.29 is 9.59 Å². The summed E-state index contributed by atoms with van der Waals surface area (Å²) in [4.78, 5) is 23.9. The van der Waals surface area contributed by atoms with Crippen molar-refractivity contribution in [3.05, 3.63) is 23.5 Å². The van der Waals surface area contributed by atoms with Gasteiger partial charge in [0, 0.05) is 42.0 Å². The van der Waals surface area contributed by atoms with Crippen LogP contribution in [0.4, 0.5) is 21.2 Å². The fourth-order valence-electron chi connectivity index (χ4n) is 2.56. The Morgan fingerprint density at radius 1 is 0.960 bits per heavy atom. The first kappa shape index (κ1) is 18.3. The number of rotatable bonds is 4. The zero-order valence-electron chi connectivity index (χ0n) is 14.8. The molecule has 0 saturated carbocycles. The second kappa shape index (κ2) is 6.83. The third kappa shape index (κ3) is 3.42. The molecule has 0 radical (unpaired) electrons. The van der Waals surface area contributed by atoms with Crippen LogP contribution in [-0.4, -0.2) is 44.7 Å². The molecule has 2 heterocycles. The zero-order chi connectivity index (χ0) is 18.8. The molecule has 0 aromatic carbocycles. The Morgan fingerprint density at radius 3 is 1.64 bits per heavy atom. The highest BCUT2D eigenvalue weighted by Crippen LogP contribution is 2.37. The summed E-state index contributed by atoms with van der Waals surface area (Å²) in [5, 5.41) is 13.4. The lowest BCUT2D eigenvalue weighted by Crippen LogP contribution is -2.29. The van der Waals surface area contributed by atoms with E-state index in [1.807, 2.05) is 27.7 Å². The van der Waals surface area contributed by atoms with Crippen LogP contribution < -0.4 is 22.1 Å². The van der Waals surface area contributed by atoms with Gasteiger partial charge in [0.1, 0.15) is 11.6 Å². The minimum absolute atomic E-state index is 0.210. The van der Waals surface area contributed by atoms with Crippen LogP contribution in [0.25, 0.3) is 0 Å². The van der Waals surface area contributed by atoms with E-state index in [0.717, 1.165) is 9.36 Å². The molecule has 0 aliphatic heterocycles.